The third-order valence-corrected chi connectivity index (χ3v) is 6.08. The topological polar surface area (TPSA) is 115 Å². The number of rotatable bonds is 10. The number of esters is 1. The Hall–Kier alpha value is -3.17. The van der Waals surface area contributed by atoms with Gasteiger partial charge in [-0.3, -0.25) is 9.59 Å². The predicted octanol–water partition coefficient (Wildman–Crippen LogP) is 3.05. The lowest BCUT2D eigenvalue weighted by Crippen LogP contribution is -2.29. The van der Waals surface area contributed by atoms with Gasteiger partial charge in [0.05, 0.1) is 17.9 Å². The van der Waals surface area contributed by atoms with Crippen LogP contribution < -0.4 is 9.46 Å². The van der Waals surface area contributed by atoms with Gasteiger partial charge in [0.25, 0.3) is 0 Å². The van der Waals surface area contributed by atoms with E-state index in [1.165, 1.54) is 19.1 Å². The lowest BCUT2D eigenvalue weighted by Gasteiger charge is -2.12. The molecule has 164 valence electrons. The molecule has 1 atom stereocenters. The Morgan fingerprint density at radius 1 is 1.10 bits per heavy atom. The highest BCUT2D eigenvalue weighted by molar-refractivity contribution is 7.89. The van der Waals surface area contributed by atoms with Gasteiger partial charge in [-0.15, -0.1) is 0 Å². The van der Waals surface area contributed by atoms with Crippen LogP contribution in [0.3, 0.4) is 0 Å². The molecule has 0 saturated carbocycles. The van der Waals surface area contributed by atoms with E-state index in [9.17, 15) is 18.0 Å². The molecule has 2 N–H and O–H groups in total. The van der Waals surface area contributed by atoms with Gasteiger partial charge < -0.3 is 14.5 Å². The average Bonchev–Trinajstić information content (AvgIpc) is 3.18. The molecule has 2 aromatic carbocycles. The summed E-state index contributed by atoms with van der Waals surface area (Å²) < 4.78 is 37.5. The Morgan fingerprint density at radius 3 is 2.52 bits per heavy atom. The van der Waals surface area contributed by atoms with Crippen molar-refractivity contribution in [3.63, 3.8) is 0 Å². The molecule has 0 aliphatic carbocycles. The molecule has 0 fully saturated rings. The number of benzene rings is 2. The Bertz CT molecular complexity index is 1170. The van der Waals surface area contributed by atoms with Crippen molar-refractivity contribution in [1.29, 1.82) is 0 Å². The summed E-state index contributed by atoms with van der Waals surface area (Å²) in [7, 11) is -3.78. The maximum absolute atomic E-state index is 12.6. The van der Waals surface area contributed by atoms with Crippen LogP contribution >= 0.6 is 0 Å². The first-order valence-electron chi connectivity index (χ1n) is 9.84. The van der Waals surface area contributed by atoms with Gasteiger partial charge in [-0.1, -0.05) is 18.2 Å². The fourth-order valence-electron chi connectivity index (χ4n) is 3.06. The van der Waals surface area contributed by atoms with Crippen LogP contribution in [0.2, 0.25) is 0 Å². The molecule has 0 aliphatic heterocycles. The Balaban J connectivity index is 1.51. The summed E-state index contributed by atoms with van der Waals surface area (Å²) in [6.45, 7) is 3.66. The van der Waals surface area contributed by atoms with Crippen molar-refractivity contribution >= 4 is 32.7 Å². The van der Waals surface area contributed by atoms with Gasteiger partial charge in [-0.25, -0.2) is 13.1 Å². The van der Waals surface area contributed by atoms with Crippen LogP contribution in [-0.4, -0.2) is 44.4 Å². The molecule has 1 heterocycles. The van der Waals surface area contributed by atoms with Gasteiger partial charge in [-0.05, 0) is 44.2 Å². The van der Waals surface area contributed by atoms with E-state index in [-0.39, 0.29) is 23.6 Å². The van der Waals surface area contributed by atoms with Crippen LogP contribution in [0.1, 0.15) is 30.6 Å². The van der Waals surface area contributed by atoms with Crippen molar-refractivity contribution in [3.8, 4) is 5.75 Å². The number of fused-ring (bicyclic) bond motifs is 1. The molecule has 1 aromatic heterocycles. The summed E-state index contributed by atoms with van der Waals surface area (Å²) in [4.78, 5) is 27.8. The quantitative estimate of drug-likeness (QED) is 0.367. The lowest BCUT2D eigenvalue weighted by atomic mass is 10.1. The number of ether oxygens (including phenoxy) is 2. The average molecular weight is 445 g/mol. The number of aromatic nitrogens is 1. The van der Waals surface area contributed by atoms with E-state index in [1.807, 2.05) is 31.2 Å². The van der Waals surface area contributed by atoms with Crippen molar-refractivity contribution in [1.82, 2.24) is 9.71 Å². The molecule has 0 radical (unpaired) electrons. The highest BCUT2D eigenvalue weighted by Gasteiger charge is 2.22. The molecular formula is C22H24N2O6S. The van der Waals surface area contributed by atoms with E-state index in [2.05, 4.69) is 9.71 Å². The number of hydrogen-bond donors (Lipinski definition) is 2. The van der Waals surface area contributed by atoms with Crippen LogP contribution in [0.15, 0.2) is 59.6 Å². The number of para-hydroxylation sites is 1. The highest BCUT2D eigenvalue weighted by atomic mass is 32.2. The fourth-order valence-corrected chi connectivity index (χ4v) is 4.09. The number of carbonyl (C=O) groups excluding carboxylic acids is 2. The van der Waals surface area contributed by atoms with E-state index < -0.39 is 22.1 Å². The maximum Gasteiger partial charge on any atom is 0.307 e. The van der Waals surface area contributed by atoms with Crippen molar-refractivity contribution in [2.45, 2.75) is 31.3 Å². The smallest absolute Gasteiger partial charge is 0.307 e. The van der Waals surface area contributed by atoms with Crippen LogP contribution in [-0.2, 0) is 19.6 Å². The SMILES string of the molecule is CCOc1ccc(S(=O)(=O)NCCC(=O)O[C@H](C)C(=O)c2c[nH]c3ccccc23)cc1. The van der Waals surface area contributed by atoms with Gasteiger partial charge in [0.2, 0.25) is 15.8 Å². The second-order valence-electron chi connectivity index (χ2n) is 6.80. The number of sulfonamides is 1. The van der Waals surface area contributed by atoms with E-state index in [4.69, 9.17) is 9.47 Å². The van der Waals surface area contributed by atoms with E-state index in [1.54, 1.807) is 18.3 Å². The normalized spacial score (nSPS) is 12.5. The van der Waals surface area contributed by atoms with Crippen LogP contribution in [0.5, 0.6) is 5.75 Å². The van der Waals surface area contributed by atoms with Crippen molar-refractivity contribution < 1.29 is 27.5 Å². The molecule has 0 unspecified atom stereocenters. The molecule has 0 saturated heterocycles. The predicted molar refractivity (Wildman–Crippen MR) is 116 cm³/mol. The number of carbonyl (C=O) groups is 2. The number of Topliss-reactive ketones (excluding diaryl/α,β-unsaturated/α-hetero) is 1. The minimum Gasteiger partial charge on any atom is -0.494 e. The van der Waals surface area contributed by atoms with Crippen LogP contribution in [0.4, 0.5) is 0 Å². The van der Waals surface area contributed by atoms with E-state index >= 15 is 0 Å². The molecule has 3 aromatic rings. The van der Waals surface area contributed by atoms with E-state index in [0.29, 0.717) is 17.9 Å². The largest absolute Gasteiger partial charge is 0.494 e. The highest BCUT2D eigenvalue weighted by Crippen LogP contribution is 2.20. The molecule has 0 amide bonds. The first-order chi connectivity index (χ1) is 14.8. The van der Waals surface area contributed by atoms with Crippen molar-refractivity contribution in [2.24, 2.45) is 0 Å². The minimum absolute atomic E-state index is 0.0622. The second kappa shape index (κ2) is 9.76. The Morgan fingerprint density at radius 2 is 1.81 bits per heavy atom. The number of nitrogens with one attached hydrogen (secondary N) is 2. The van der Waals surface area contributed by atoms with Gasteiger partial charge >= 0.3 is 5.97 Å². The Labute approximate surface area is 180 Å². The summed E-state index contributed by atoms with van der Waals surface area (Å²) in [5, 5.41) is 0.749. The first-order valence-corrected chi connectivity index (χ1v) is 11.3. The van der Waals surface area contributed by atoms with Crippen molar-refractivity contribution in [2.75, 3.05) is 13.2 Å². The molecule has 0 bridgehead atoms. The Kier molecular flexibility index (Phi) is 7.09. The summed E-state index contributed by atoms with van der Waals surface area (Å²) in [5.74, 6) is -0.435. The third kappa shape index (κ3) is 5.50. The monoisotopic (exact) mass is 444 g/mol. The standard InChI is InChI=1S/C22H24N2O6S/c1-3-29-16-8-10-17(11-9-16)31(27,28)24-13-12-21(25)30-15(2)22(26)19-14-23-20-7-5-4-6-18(19)20/h4-11,14-15,23-24H,3,12-13H2,1-2H3/t15-/m1/s1. The third-order valence-electron chi connectivity index (χ3n) is 4.60. The molecule has 9 heteroatoms. The number of aromatic amines is 1. The van der Waals surface area contributed by atoms with E-state index in [0.717, 1.165) is 10.9 Å². The molecule has 0 spiro atoms. The van der Waals surface area contributed by atoms with Crippen LogP contribution in [0, 0.1) is 0 Å². The molecule has 8 nitrogen and oxygen atoms in total. The summed E-state index contributed by atoms with van der Waals surface area (Å²) >= 11 is 0. The summed E-state index contributed by atoms with van der Waals surface area (Å²) in [6, 6.07) is 13.3. The van der Waals surface area contributed by atoms with Gasteiger partial charge in [0.1, 0.15) is 5.75 Å². The fraction of sp³-hybridized carbons (Fsp3) is 0.273. The molecule has 31 heavy (non-hydrogen) atoms. The maximum atomic E-state index is 12.6. The van der Waals surface area contributed by atoms with Gasteiger partial charge in [0, 0.05) is 29.2 Å². The summed E-state index contributed by atoms with van der Waals surface area (Å²) in [6.07, 6.45) is 0.388. The molecule has 0 aliphatic rings. The summed E-state index contributed by atoms with van der Waals surface area (Å²) in [5.41, 5.74) is 1.25. The lowest BCUT2D eigenvalue weighted by molar-refractivity contribution is -0.146. The van der Waals surface area contributed by atoms with Crippen LogP contribution in [0.25, 0.3) is 10.9 Å². The zero-order chi connectivity index (χ0) is 22.4. The molecule has 3 rings (SSSR count). The van der Waals surface area contributed by atoms with Gasteiger partial charge in [0.15, 0.2) is 6.10 Å². The zero-order valence-corrected chi connectivity index (χ0v) is 18.1. The zero-order valence-electron chi connectivity index (χ0n) is 17.3. The van der Waals surface area contributed by atoms with Gasteiger partial charge in [-0.2, -0.15) is 0 Å². The van der Waals surface area contributed by atoms with Crippen molar-refractivity contribution in [3.05, 3.63) is 60.3 Å². The second-order valence-corrected chi connectivity index (χ2v) is 8.56. The minimum atomic E-state index is -3.78. The number of ketones is 1. The number of H-pyrrole nitrogens is 1. The first kappa shape index (κ1) is 22.5. The molecular weight excluding hydrogens is 420 g/mol. The number of hydrogen-bond acceptors (Lipinski definition) is 6.